The molecule has 0 unspecified atom stereocenters. The van der Waals surface area contributed by atoms with Crippen LogP contribution < -0.4 is 11.2 Å². The third-order valence-corrected chi connectivity index (χ3v) is 2.03. The lowest BCUT2D eigenvalue weighted by molar-refractivity contribution is 1.02. The number of nitrogens with zero attached hydrogens (tertiary/aromatic N) is 1. The highest BCUT2D eigenvalue weighted by molar-refractivity contribution is 8.03. The van der Waals surface area contributed by atoms with Crippen LogP contribution in [-0.2, 0) is 0 Å². The molecule has 0 aromatic carbocycles. The first-order valence-corrected chi connectivity index (χ1v) is 4.04. The van der Waals surface area contributed by atoms with Gasteiger partial charge in [0.05, 0.1) is 5.71 Å². The topological polar surface area (TPSA) is 50.4 Å². The van der Waals surface area contributed by atoms with Gasteiger partial charge in [-0.3, -0.25) is 5.43 Å². The molecule has 0 aromatic heterocycles. The number of thioether (sulfide) groups is 1. The monoisotopic (exact) mass is 161 g/mol. The zero-order chi connectivity index (χ0) is 6.69. The molecule has 50 valence electrons. The van der Waals surface area contributed by atoms with Gasteiger partial charge in [-0.05, 0) is 12.2 Å². The summed E-state index contributed by atoms with van der Waals surface area (Å²) in [6, 6.07) is 0. The van der Waals surface area contributed by atoms with Crippen molar-refractivity contribution in [2.24, 2.45) is 10.8 Å². The molecule has 5 heteroatoms. The molecular formula is C4H7N3S2. The molecule has 0 saturated carbocycles. The second-order valence-electron chi connectivity index (χ2n) is 1.65. The summed E-state index contributed by atoms with van der Waals surface area (Å²) in [5, 5.41) is 4.14. The lowest BCUT2D eigenvalue weighted by atomic mass is 10.5. The number of hydrogen-bond donors (Lipinski definition) is 2. The Balaban J connectivity index is 2.22. The minimum Gasteiger partial charge on any atom is -0.375 e. The largest absolute Gasteiger partial charge is 0.375 e. The molecular weight excluding hydrogens is 154 g/mol. The van der Waals surface area contributed by atoms with E-state index < -0.39 is 0 Å². The highest BCUT2D eigenvalue weighted by atomic mass is 32.2. The number of hydrazone groups is 1. The van der Waals surface area contributed by atoms with Gasteiger partial charge in [0.25, 0.3) is 0 Å². The van der Waals surface area contributed by atoms with Gasteiger partial charge in [0.1, 0.15) is 0 Å². The van der Waals surface area contributed by atoms with Gasteiger partial charge < -0.3 is 5.73 Å². The number of nitrogens with two attached hydrogens (primary N) is 1. The predicted octanol–water partition coefficient (Wildman–Crippen LogP) is -0.0776. The number of nitrogens with one attached hydrogen (secondary N) is 1. The van der Waals surface area contributed by atoms with Crippen LogP contribution in [0.15, 0.2) is 5.10 Å². The van der Waals surface area contributed by atoms with Gasteiger partial charge in [0.2, 0.25) is 0 Å². The second kappa shape index (κ2) is 3.03. The van der Waals surface area contributed by atoms with Crippen molar-refractivity contribution in [2.75, 3.05) is 11.5 Å². The summed E-state index contributed by atoms with van der Waals surface area (Å²) in [4.78, 5) is 0. The number of thiocarbonyl (C=S) groups is 1. The maximum absolute atomic E-state index is 5.13. The Bertz CT molecular complexity index is 148. The Morgan fingerprint density at radius 3 is 2.78 bits per heavy atom. The molecule has 1 heterocycles. The maximum atomic E-state index is 5.13. The molecule has 0 atom stereocenters. The van der Waals surface area contributed by atoms with Crippen molar-refractivity contribution in [3.8, 4) is 0 Å². The zero-order valence-corrected chi connectivity index (χ0v) is 6.39. The lowest BCUT2D eigenvalue weighted by Gasteiger charge is -2.13. The van der Waals surface area contributed by atoms with Crippen LogP contribution in [0.5, 0.6) is 0 Å². The van der Waals surface area contributed by atoms with E-state index in [9.17, 15) is 0 Å². The van der Waals surface area contributed by atoms with E-state index in [4.69, 9.17) is 5.73 Å². The van der Waals surface area contributed by atoms with Gasteiger partial charge in [-0.15, -0.1) is 11.8 Å². The number of hydrogen-bond acceptors (Lipinski definition) is 3. The van der Waals surface area contributed by atoms with Crippen molar-refractivity contribution in [3.05, 3.63) is 0 Å². The lowest BCUT2D eigenvalue weighted by Crippen LogP contribution is -2.28. The Morgan fingerprint density at radius 1 is 1.78 bits per heavy atom. The molecule has 0 aliphatic carbocycles. The van der Waals surface area contributed by atoms with Crippen LogP contribution >= 0.6 is 24.0 Å². The first-order valence-electron chi connectivity index (χ1n) is 2.47. The van der Waals surface area contributed by atoms with Gasteiger partial charge in [0, 0.05) is 11.5 Å². The van der Waals surface area contributed by atoms with Crippen molar-refractivity contribution < 1.29 is 0 Å². The number of rotatable bonds is 1. The summed E-state index contributed by atoms with van der Waals surface area (Å²) in [5.41, 5.74) is 8.79. The van der Waals surface area contributed by atoms with Gasteiger partial charge in [-0.2, -0.15) is 5.10 Å². The third kappa shape index (κ3) is 2.19. The van der Waals surface area contributed by atoms with Crippen LogP contribution in [0.1, 0.15) is 0 Å². The van der Waals surface area contributed by atoms with E-state index in [0.29, 0.717) is 0 Å². The van der Waals surface area contributed by atoms with Crippen molar-refractivity contribution in [1.29, 1.82) is 0 Å². The third-order valence-electron chi connectivity index (χ3n) is 0.862. The van der Waals surface area contributed by atoms with E-state index in [-0.39, 0.29) is 5.11 Å². The van der Waals surface area contributed by atoms with Gasteiger partial charge in [-0.25, -0.2) is 0 Å². The van der Waals surface area contributed by atoms with Gasteiger partial charge in [0.15, 0.2) is 5.11 Å². The average molecular weight is 161 g/mol. The van der Waals surface area contributed by atoms with E-state index in [0.717, 1.165) is 17.2 Å². The summed E-state index contributed by atoms with van der Waals surface area (Å²) in [7, 11) is 0. The van der Waals surface area contributed by atoms with E-state index >= 15 is 0 Å². The molecule has 0 spiro atoms. The van der Waals surface area contributed by atoms with Crippen LogP contribution in [0.2, 0.25) is 0 Å². The Hall–Kier alpha value is -0.290. The average Bonchev–Trinajstić information content (AvgIpc) is 1.60. The van der Waals surface area contributed by atoms with E-state index in [1.807, 2.05) is 11.8 Å². The molecule has 1 aliphatic rings. The molecule has 9 heavy (non-hydrogen) atoms. The van der Waals surface area contributed by atoms with Crippen LogP contribution in [-0.4, -0.2) is 22.3 Å². The molecule has 0 radical (unpaired) electrons. The minimum atomic E-state index is 0.236. The second-order valence-corrected chi connectivity index (χ2v) is 3.07. The maximum Gasteiger partial charge on any atom is 0.184 e. The van der Waals surface area contributed by atoms with E-state index in [2.05, 4.69) is 22.7 Å². The smallest absolute Gasteiger partial charge is 0.184 e. The fourth-order valence-corrected chi connectivity index (χ4v) is 0.953. The molecule has 1 aliphatic heterocycles. The first kappa shape index (κ1) is 6.82. The Labute approximate surface area is 63.1 Å². The van der Waals surface area contributed by atoms with Crippen molar-refractivity contribution in [3.63, 3.8) is 0 Å². The van der Waals surface area contributed by atoms with Gasteiger partial charge in [-0.1, -0.05) is 0 Å². The normalized spacial score (nSPS) is 16.2. The predicted molar refractivity (Wildman–Crippen MR) is 44.7 cm³/mol. The standard InChI is InChI=1S/C4H7N3S2/c5-4(8)7-6-3-1-9-2-3/h1-2H2,(H3,5,7,8). The molecule has 3 N–H and O–H groups in total. The van der Waals surface area contributed by atoms with Crippen LogP contribution in [0.3, 0.4) is 0 Å². The fourth-order valence-electron chi connectivity index (χ4n) is 0.392. The molecule has 3 nitrogen and oxygen atoms in total. The zero-order valence-electron chi connectivity index (χ0n) is 4.76. The van der Waals surface area contributed by atoms with Crippen LogP contribution in [0.4, 0.5) is 0 Å². The van der Waals surface area contributed by atoms with Crippen molar-refractivity contribution in [1.82, 2.24) is 5.43 Å². The van der Waals surface area contributed by atoms with Crippen LogP contribution in [0.25, 0.3) is 0 Å². The summed E-state index contributed by atoms with van der Waals surface area (Å²) in [6.07, 6.45) is 0. The Kier molecular flexibility index (Phi) is 2.29. The molecule has 0 amide bonds. The fraction of sp³-hybridized carbons (Fsp3) is 0.500. The summed E-state index contributed by atoms with van der Waals surface area (Å²) in [6.45, 7) is 0. The summed E-state index contributed by atoms with van der Waals surface area (Å²) >= 11 is 6.38. The molecule has 1 fully saturated rings. The van der Waals surface area contributed by atoms with Crippen molar-refractivity contribution >= 4 is 34.8 Å². The van der Waals surface area contributed by atoms with E-state index in [1.54, 1.807) is 0 Å². The molecule has 0 aromatic rings. The summed E-state index contributed by atoms with van der Waals surface area (Å²) in [5.74, 6) is 2.02. The minimum absolute atomic E-state index is 0.236. The molecule has 1 rings (SSSR count). The Morgan fingerprint density at radius 2 is 2.44 bits per heavy atom. The van der Waals surface area contributed by atoms with Gasteiger partial charge >= 0.3 is 0 Å². The molecule has 1 saturated heterocycles. The SMILES string of the molecule is NC(=S)NN=C1CSC1. The quantitative estimate of drug-likeness (QED) is 0.417. The first-order chi connectivity index (χ1) is 4.29. The van der Waals surface area contributed by atoms with Crippen LogP contribution in [0, 0.1) is 0 Å². The highest BCUT2D eigenvalue weighted by Gasteiger charge is 2.09. The molecule has 0 bridgehead atoms. The highest BCUT2D eigenvalue weighted by Crippen LogP contribution is 2.12. The summed E-state index contributed by atoms with van der Waals surface area (Å²) < 4.78 is 0. The van der Waals surface area contributed by atoms with E-state index in [1.165, 1.54) is 0 Å². The van der Waals surface area contributed by atoms with Crippen molar-refractivity contribution in [2.45, 2.75) is 0 Å².